The number of nitrogens with zero attached hydrogens (tertiary/aromatic N) is 2. The largest absolute Gasteiger partial charge is 0.303 e. The zero-order chi connectivity index (χ0) is 14.5. The lowest BCUT2D eigenvalue weighted by Gasteiger charge is -2.10. The standard InChI is InChI=1S/C15H15ClN2O2/c1-2-11(10-19)13-7-8-17-18(15(13)20)9-12-5-3-4-6-14(12)16/h3-8,10-11H,2,9H2,1H3. The summed E-state index contributed by atoms with van der Waals surface area (Å²) in [5, 5.41) is 4.65. The minimum Gasteiger partial charge on any atom is -0.303 e. The monoisotopic (exact) mass is 290 g/mol. The van der Waals surface area contributed by atoms with Gasteiger partial charge in [0.2, 0.25) is 0 Å². The Bertz CT molecular complexity index is 667. The molecule has 0 radical (unpaired) electrons. The van der Waals surface area contributed by atoms with E-state index in [2.05, 4.69) is 5.10 Å². The number of aromatic nitrogens is 2. The van der Waals surface area contributed by atoms with Crippen molar-refractivity contribution in [1.29, 1.82) is 0 Å². The van der Waals surface area contributed by atoms with Gasteiger partial charge in [0.05, 0.1) is 6.54 Å². The summed E-state index contributed by atoms with van der Waals surface area (Å²) < 4.78 is 1.34. The van der Waals surface area contributed by atoms with E-state index in [0.717, 1.165) is 11.8 Å². The number of carbonyl (C=O) groups is 1. The Morgan fingerprint density at radius 3 is 2.75 bits per heavy atom. The molecule has 0 saturated carbocycles. The zero-order valence-electron chi connectivity index (χ0n) is 11.1. The van der Waals surface area contributed by atoms with E-state index in [1.54, 1.807) is 18.3 Å². The van der Waals surface area contributed by atoms with Gasteiger partial charge in [0.25, 0.3) is 5.56 Å². The second kappa shape index (κ2) is 6.48. The normalized spacial score (nSPS) is 12.1. The van der Waals surface area contributed by atoms with Crippen molar-refractivity contribution in [2.45, 2.75) is 25.8 Å². The van der Waals surface area contributed by atoms with Gasteiger partial charge < -0.3 is 4.79 Å². The summed E-state index contributed by atoms with van der Waals surface area (Å²) in [6.07, 6.45) is 2.94. The molecule has 2 aromatic rings. The van der Waals surface area contributed by atoms with Gasteiger partial charge in [-0.05, 0) is 24.1 Å². The highest BCUT2D eigenvalue weighted by Crippen LogP contribution is 2.16. The predicted molar refractivity (Wildman–Crippen MR) is 78.1 cm³/mol. The molecular formula is C15H15ClN2O2. The van der Waals surface area contributed by atoms with E-state index in [1.165, 1.54) is 4.68 Å². The number of hydrogen-bond acceptors (Lipinski definition) is 3. The molecule has 104 valence electrons. The van der Waals surface area contributed by atoms with Gasteiger partial charge in [-0.3, -0.25) is 4.79 Å². The van der Waals surface area contributed by atoms with Crippen LogP contribution < -0.4 is 5.56 Å². The number of benzene rings is 1. The molecule has 0 fully saturated rings. The zero-order valence-corrected chi connectivity index (χ0v) is 11.9. The van der Waals surface area contributed by atoms with Crippen LogP contribution in [0.15, 0.2) is 41.3 Å². The van der Waals surface area contributed by atoms with Gasteiger partial charge in [0.15, 0.2) is 0 Å². The SMILES string of the molecule is CCC(C=O)c1ccnn(Cc2ccccc2Cl)c1=O. The van der Waals surface area contributed by atoms with Gasteiger partial charge in [0.1, 0.15) is 6.29 Å². The predicted octanol–water partition coefficient (Wildman–Crippen LogP) is 2.64. The molecule has 0 aliphatic carbocycles. The first kappa shape index (κ1) is 14.5. The molecule has 2 rings (SSSR count). The van der Waals surface area contributed by atoms with Crippen molar-refractivity contribution in [1.82, 2.24) is 9.78 Å². The molecule has 1 aromatic carbocycles. The Morgan fingerprint density at radius 1 is 1.35 bits per heavy atom. The van der Waals surface area contributed by atoms with E-state index in [4.69, 9.17) is 11.6 Å². The highest BCUT2D eigenvalue weighted by Gasteiger charge is 2.14. The number of carbonyl (C=O) groups excluding carboxylic acids is 1. The maximum Gasteiger partial charge on any atom is 0.270 e. The van der Waals surface area contributed by atoms with Crippen LogP contribution in [0.2, 0.25) is 5.02 Å². The van der Waals surface area contributed by atoms with Crippen LogP contribution in [0.1, 0.15) is 30.4 Å². The Morgan fingerprint density at radius 2 is 2.10 bits per heavy atom. The quantitative estimate of drug-likeness (QED) is 0.796. The van der Waals surface area contributed by atoms with Crippen LogP contribution in [0.25, 0.3) is 0 Å². The minimum absolute atomic E-state index is 0.244. The Hall–Kier alpha value is -1.94. The van der Waals surface area contributed by atoms with Gasteiger partial charge in [-0.25, -0.2) is 4.68 Å². The lowest BCUT2D eigenvalue weighted by Crippen LogP contribution is -2.28. The molecule has 5 heteroatoms. The molecule has 0 saturated heterocycles. The smallest absolute Gasteiger partial charge is 0.270 e. The van der Waals surface area contributed by atoms with E-state index in [0.29, 0.717) is 23.6 Å². The fraction of sp³-hybridized carbons (Fsp3) is 0.267. The van der Waals surface area contributed by atoms with E-state index < -0.39 is 0 Å². The van der Waals surface area contributed by atoms with Crippen molar-refractivity contribution >= 4 is 17.9 Å². The first-order valence-electron chi connectivity index (χ1n) is 6.42. The van der Waals surface area contributed by atoms with Crippen molar-refractivity contribution < 1.29 is 4.79 Å². The molecule has 0 N–H and O–H groups in total. The lowest BCUT2D eigenvalue weighted by molar-refractivity contribution is -0.109. The van der Waals surface area contributed by atoms with Crippen LogP contribution in [0, 0.1) is 0 Å². The summed E-state index contributed by atoms with van der Waals surface area (Å²) in [5.74, 6) is -0.386. The fourth-order valence-corrected chi connectivity index (χ4v) is 2.23. The third kappa shape index (κ3) is 2.96. The first-order chi connectivity index (χ1) is 9.67. The van der Waals surface area contributed by atoms with Crippen molar-refractivity contribution in [2.24, 2.45) is 0 Å². The number of halogens is 1. The lowest BCUT2D eigenvalue weighted by atomic mass is 10.0. The highest BCUT2D eigenvalue weighted by molar-refractivity contribution is 6.31. The third-order valence-corrected chi connectivity index (χ3v) is 3.59. The molecule has 0 aliphatic heterocycles. The second-order valence-corrected chi connectivity index (χ2v) is 4.90. The van der Waals surface area contributed by atoms with Gasteiger partial charge >= 0.3 is 0 Å². The van der Waals surface area contributed by atoms with Crippen molar-refractivity contribution in [3.8, 4) is 0 Å². The molecule has 0 aliphatic rings. The second-order valence-electron chi connectivity index (χ2n) is 4.49. The van der Waals surface area contributed by atoms with Crippen molar-refractivity contribution in [2.75, 3.05) is 0 Å². The van der Waals surface area contributed by atoms with E-state index >= 15 is 0 Å². The van der Waals surface area contributed by atoms with Gasteiger partial charge in [0, 0.05) is 22.7 Å². The van der Waals surface area contributed by atoms with Crippen molar-refractivity contribution in [3.05, 3.63) is 63.0 Å². The summed E-state index contributed by atoms with van der Waals surface area (Å²) >= 11 is 6.08. The molecule has 1 heterocycles. The van der Waals surface area contributed by atoms with Crippen molar-refractivity contribution in [3.63, 3.8) is 0 Å². The molecule has 1 unspecified atom stereocenters. The average Bonchev–Trinajstić information content (AvgIpc) is 2.46. The Kier molecular flexibility index (Phi) is 4.69. The molecule has 4 nitrogen and oxygen atoms in total. The number of aldehydes is 1. The maximum atomic E-state index is 12.3. The van der Waals surface area contributed by atoms with Gasteiger partial charge in [-0.2, -0.15) is 5.10 Å². The number of hydrogen-bond donors (Lipinski definition) is 0. The Labute approximate surface area is 122 Å². The molecule has 0 spiro atoms. The molecule has 20 heavy (non-hydrogen) atoms. The topological polar surface area (TPSA) is 52.0 Å². The molecule has 0 amide bonds. The van der Waals surface area contributed by atoms with Gasteiger partial charge in [-0.15, -0.1) is 0 Å². The molecule has 0 bridgehead atoms. The molecular weight excluding hydrogens is 276 g/mol. The summed E-state index contributed by atoms with van der Waals surface area (Å²) in [4.78, 5) is 23.4. The fourth-order valence-electron chi connectivity index (χ4n) is 2.04. The highest BCUT2D eigenvalue weighted by atomic mass is 35.5. The van der Waals surface area contributed by atoms with Gasteiger partial charge in [-0.1, -0.05) is 36.7 Å². The van der Waals surface area contributed by atoms with Crippen LogP contribution in [-0.4, -0.2) is 16.1 Å². The summed E-state index contributed by atoms with van der Waals surface area (Å²) in [5.41, 5.74) is 1.05. The van der Waals surface area contributed by atoms with Crippen LogP contribution >= 0.6 is 11.6 Å². The maximum absolute atomic E-state index is 12.3. The summed E-state index contributed by atoms with van der Waals surface area (Å²) in [7, 11) is 0. The van der Waals surface area contributed by atoms with E-state index in [-0.39, 0.29) is 11.5 Å². The molecule has 1 atom stereocenters. The van der Waals surface area contributed by atoms with Crippen LogP contribution in [0.5, 0.6) is 0 Å². The Balaban J connectivity index is 2.39. The van der Waals surface area contributed by atoms with E-state index in [9.17, 15) is 9.59 Å². The van der Waals surface area contributed by atoms with Crippen LogP contribution in [-0.2, 0) is 11.3 Å². The van der Waals surface area contributed by atoms with Crippen LogP contribution in [0.3, 0.4) is 0 Å². The summed E-state index contributed by atoms with van der Waals surface area (Å²) in [6.45, 7) is 2.17. The molecule has 1 aromatic heterocycles. The number of rotatable bonds is 5. The van der Waals surface area contributed by atoms with E-state index in [1.807, 2.05) is 25.1 Å². The van der Waals surface area contributed by atoms with Crippen LogP contribution in [0.4, 0.5) is 0 Å². The first-order valence-corrected chi connectivity index (χ1v) is 6.80. The summed E-state index contributed by atoms with van der Waals surface area (Å²) in [6, 6.07) is 8.91. The third-order valence-electron chi connectivity index (χ3n) is 3.22. The minimum atomic E-state index is -0.386. The average molecular weight is 291 g/mol.